The SMILES string of the molecule is CCCCC1NC(C)N(CC(C)(C)N(C)C)C1=O. The normalized spacial score (nSPS) is 25.3. The fraction of sp³-hybridized carbons (Fsp3) is 0.929. The Kier molecular flexibility index (Phi) is 5.17. The molecule has 0 saturated carbocycles. The second-order valence-electron chi connectivity index (χ2n) is 6.21. The van der Waals surface area contributed by atoms with Crippen LogP contribution >= 0.6 is 0 Å². The van der Waals surface area contributed by atoms with Crippen molar-refractivity contribution in [3.63, 3.8) is 0 Å². The molecule has 4 heteroatoms. The summed E-state index contributed by atoms with van der Waals surface area (Å²) < 4.78 is 0. The van der Waals surface area contributed by atoms with E-state index < -0.39 is 0 Å². The van der Waals surface area contributed by atoms with Crippen molar-refractivity contribution < 1.29 is 4.79 Å². The molecule has 1 amide bonds. The van der Waals surface area contributed by atoms with Gasteiger partial charge in [-0.05, 0) is 41.3 Å². The summed E-state index contributed by atoms with van der Waals surface area (Å²) in [6, 6.07) is 0.0258. The molecule has 1 rings (SSSR count). The second-order valence-corrected chi connectivity index (χ2v) is 6.21. The molecule has 0 bridgehead atoms. The number of hydrogen-bond acceptors (Lipinski definition) is 3. The summed E-state index contributed by atoms with van der Waals surface area (Å²) in [5.74, 6) is 0.269. The van der Waals surface area contributed by atoms with Gasteiger partial charge >= 0.3 is 0 Å². The van der Waals surface area contributed by atoms with Crippen molar-refractivity contribution in [2.75, 3.05) is 20.6 Å². The summed E-state index contributed by atoms with van der Waals surface area (Å²) in [7, 11) is 4.13. The predicted molar refractivity (Wildman–Crippen MR) is 75.4 cm³/mol. The van der Waals surface area contributed by atoms with Crippen molar-refractivity contribution in [3.05, 3.63) is 0 Å². The molecule has 0 aromatic carbocycles. The van der Waals surface area contributed by atoms with Crippen LogP contribution in [0.3, 0.4) is 0 Å². The molecule has 18 heavy (non-hydrogen) atoms. The zero-order chi connectivity index (χ0) is 13.9. The van der Waals surface area contributed by atoms with E-state index in [-0.39, 0.29) is 23.7 Å². The molecule has 4 nitrogen and oxygen atoms in total. The molecule has 1 heterocycles. The summed E-state index contributed by atoms with van der Waals surface area (Å²) >= 11 is 0. The van der Waals surface area contributed by atoms with Gasteiger partial charge in [-0.25, -0.2) is 0 Å². The smallest absolute Gasteiger partial charge is 0.241 e. The third-order valence-electron chi connectivity index (χ3n) is 4.11. The van der Waals surface area contributed by atoms with Crippen LogP contribution in [0.25, 0.3) is 0 Å². The number of carbonyl (C=O) groups excluding carboxylic acids is 1. The van der Waals surface area contributed by atoms with Gasteiger partial charge in [0.1, 0.15) is 0 Å². The fourth-order valence-corrected chi connectivity index (χ4v) is 2.23. The average Bonchev–Trinajstić information content (AvgIpc) is 2.53. The monoisotopic (exact) mass is 255 g/mol. The number of amides is 1. The molecule has 1 fully saturated rings. The molecular weight excluding hydrogens is 226 g/mol. The van der Waals surface area contributed by atoms with Crippen LogP contribution in [-0.2, 0) is 4.79 Å². The maximum absolute atomic E-state index is 12.4. The van der Waals surface area contributed by atoms with Gasteiger partial charge in [0, 0.05) is 12.1 Å². The van der Waals surface area contributed by atoms with Gasteiger partial charge in [-0.3, -0.25) is 10.1 Å². The summed E-state index contributed by atoms with van der Waals surface area (Å²) in [6.45, 7) is 9.36. The lowest BCUT2D eigenvalue weighted by molar-refractivity contribution is -0.131. The number of likely N-dealkylation sites (N-methyl/N-ethyl adjacent to an activating group) is 1. The third kappa shape index (κ3) is 3.45. The van der Waals surface area contributed by atoms with E-state index in [0.29, 0.717) is 0 Å². The van der Waals surface area contributed by atoms with Crippen LogP contribution in [0.5, 0.6) is 0 Å². The van der Waals surface area contributed by atoms with E-state index in [4.69, 9.17) is 0 Å². The Morgan fingerprint density at radius 1 is 1.39 bits per heavy atom. The molecule has 1 aliphatic heterocycles. The second kappa shape index (κ2) is 6.02. The predicted octanol–water partition coefficient (Wildman–Crippen LogP) is 1.66. The lowest BCUT2D eigenvalue weighted by Crippen LogP contribution is -2.51. The molecule has 2 unspecified atom stereocenters. The minimum absolute atomic E-state index is 0.00520. The highest BCUT2D eigenvalue weighted by molar-refractivity contribution is 5.84. The molecule has 2 atom stereocenters. The van der Waals surface area contributed by atoms with Crippen molar-refractivity contribution in [1.82, 2.24) is 15.1 Å². The summed E-state index contributed by atoms with van der Waals surface area (Å²) in [6.07, 6.45) is 3.36. The van der Waals surface area contributed by atoms with Crippen molar-refractivity contribution >= 4 is 5.91 Å². The summed E-state index contributed by atoms with van der Waals surface area (Å²) in [5, 5.41) is 3.41. The van der Waals surface area contributed by atoms with Crippen LogP contribution in [0.4, 0.5) is 0 Å². The van der Waals surface area contributed by atoms with E-state index >= 15 is 0 Å². The Morgan fingerprint density at radius 2 is 2.00 bits per heavy atom. The first-order valence-electron chi connectivity index (χ1n) is 7.03. The molecule has 1 N–H and O–H groups in total. The minimum atomic E-state index is 0.00520. The molecule has 0 aromatic rings. The van der Waals surface area contributed by atoms with E-state index in [1.807, 2.05) is 4.90 Å². The molecule has 0 aromatic heterocycles. The molecule has 0 spiro atoms. The first-order chi connectivity index (χ1) is 8.29. The Labute approximate surface area is 112 Å². The molecule has 1 aliphatic rings. The molecule has 0 aliphatic carbocycles. The number of nitrogens with one attached hydrogen (secondary N) is 1. The highest BCUT2D eigenvalue weighted by atomic mass is 16.2. The van der Waals surface area contributed by atoms with Gasteiger partial charge in [-0.2, -0.15) is 0 Å². The largest absolute Gasteiger partial charge is 0.324 e. The highest BCUT2D eigenvalue weighted by Crippen LogP contribution is 2.20. The van der Waals surface area contributed by atoms with Gasteiger partial charge in [0.2, 0.25) is 5.91 Å². The zero-order valence-corrected chi connectivity index (χ0v) is 12.8. The number of carbonyl (C=O) groups is 1. The van der Waals surface area contributed by atoms with Crippen LogP contribution in [0.2, 0.25) is 0 Å². The van der Waals surface area contributed by atoms with Gasteiger partial charge in [0.15, 0.2) is 0 Å². The third-order valence-corrected chi connectivity index (χ3v) is 4.11. The summed E-state index contributed by atoms with van der Waals surface area (Å²) in [5.41, 5.74) is 0.00520. The minimum Gasteiger partial charge on any atom is -0.324 e. The van der Waals surface area contributed by atoms with Crippen LogP contribution in [0, 0.1) is 0 Å². The Balaban J connectivity index is 2.64. The Hall–Kier alpha value is -0.610. The maximum Gasteiger partial charge on any atom is 0.241 e. The van der Waals surface area contributed by atoms with Gasteiger partial charge in [0.05, 0.1) is 12.2 Å². The van der Waals surface area contributed by atoms with Crippen molar-refractivity contribution in [2.24, 2.45) is 0 Å². The average molecular weight is 255 g/mol. The first kappa shape index (κ1) is 15.4. The van der Waals surface area contributed by atoms with Gasteiger partial charge < -0.3 is 9.80 Å². The van der Waals surface area contributed by atoms with Gasteiger partial charge in [-0.15, -0.1) is 0 Å². The van der Waals surface area contributed by atoms with E-state index in [0.717, 1.165) is 25.8 Å². The quantitative estimate of drug-likeness (QED) is 0.784. The number of nitrogens with zero attached hydrogens (tertiary/aromatic N) is 2. The summed E-state index contributed by atoms with van der Waals surface area (Å²) in [4.78, 5) is 16.5. The lowest BCUT2D eigenvalue weighted by Gasteiger charge is -2.37. The lowest BCUT2D eigenvalue weighted by atomic mass is 10.0. The van der Waals surface area contributed by atoms with Crippen molar-refractivity contribution in [3.8, 4) is 0 Å². The number of rotatable bonds is 6. The molecule has 106 valence electrons. The Bertz CT molecular complexity index is 289. The highest BCUT2D eigenvalue weighted by Gasteiger charge is 2.38. The fourth-order valence-electron chi connectivity index (χ4n) is 2.23. The maximum atomic E-state index is 12.4. The zero-order valence-electron chi connectivity index (χ0n) is 12.8. The molecular formula is C14H29N3O. The van der Waals surface area contributed by atoms with E-state index in [1.54, 1.807) is 0 Å². The van der Waals surface area contributed by atoms with Crippen LogP contribution in [-0.4, -0.2) is 54.1 Å². The first-order valence-corrected chi connectivity index (χ1v) is 7.03. The Morgan fingerprint density at radius 3 is 2.50 bits per heavy atom. The van der Waals surface area contributed by atoms with Gasteiger partial charge in [0.25, 0.3) is 0 Å². The standard InChI is InChI=1S/C14H29N3O/c1-7-8-9-12-13(18)17(11(2)15-12)10-14(3,4)16(5)6/h11-12,15H,7-10H2,1-6H3. The topological polar surface area (TPSA) is 35.6 Å². The van der Waals surface area contributed by atoms with Gasteiger partial charge in [-0.1, -0.05) is 19.8 Å². The van der Waals surface area contributed by atoms with E-state index in [2.05, 4.69) is 52.0 Å². The van der Waals surface area contributed by atoms with E-state index in [1.165, 1.54) is 0 Å². The van der Waals surface area contributed by atoms with Crippen LogP contribution in [0.15, 0.2) is 0 Å². The number of unbranched alkanes of at least 4 members (excludes halogenated alkanes) is 1. The van der Waals surface area contributed by atoms with Crippen molar-refractivity contribution in [2.45, 2.75) is 64.7 Å². The van der Waals surface area contributed by atoms with Crippen LogP contribution in [0.1, 0.15) is 47.0 Å². The van der Waals surface area contributed by atoms with Crippen molar-refractivity contribution in [1.29, 1.82) is 0 Å². The molecule has 1 saturated heterocycles. The number of hydrogen-bond donors (Lipinski definition) is 1. The van der Waals surface area contributed by atoms with Crippen LogP contribution < -0.4 is 5.32 Å². The molecule has 0 radical (unpaired) electrons. The van der Waals surface area contributed by atoms with E-state index in [9.17, 15) is 4.79 Å².